The second kappa shape index (κ2) is 7.20. The molecule has 124 valence electrons. The van der Waals surface area contributed by atoms with Gasteiger partial charge in [-0.3, -0.25) is 0 Å². The quantitative estimate of drug-likeness (QED) is 0.761. The Morgan fingerprint density at radius 3 is 2.36 bits per heavy atom. The van der Waals surface area contributed by atoms with E-state index in [0.717, 1.165) is 25.9 Å². The molecule has 0 aromatic carbocycles. The van der Waals surface area contributed by atoms with E-state index < -0.39 is 11.7 Å². The lowest BCUT2D eigenvalue weighted by Crippen LogP contribution is -2.20. The Hall–Kier alpha value is -0.780. The highest BCUT2D eigenvalue weighted by atomic mass is 35.5. The van der Waals surface area contributed by atoms with E-state index in [0.29, 0.717) is 11.8 Å². The zero-order chi connectivity index (χ0) is 16.3. The average Bonchev–Trinajstić information content (AvgIpc) is 3.02. The molecule has 1 heterocycles. The summed E-state index contributed by atoms with van der Waals surface area (Å²) < 4.78 is 45.3. The molecule has 6 heteroatoms. The van der Waals surface area contributed by atoms with Crippen LogP contribution in [0.3, 0.4) is 0 Å². The maximum atomic E-state index is 13.2. The van der Waals surface area contributed by atoms with Crippen LogP contribution in [0.25, 0.3) is 0 Å². The highest BCUT2D eigenvalue weighted by Crippen LogP contribution is 2.38. The smallest absolute Gasteiger partial charge is 0.374 e. The van der Waals surface area contributed by atoms with Crippen molar-refractivity contribution in [1.82, 2.24) is 5.32 Å². The summed E-state index contributed by atoms with van der Waals surface area (Å²) in [4.78, 5) is 0. The van der Waals surface area contributed by atoms with Crippen molar-refractivity contribution in [2.24, 2.45) is 11.8 Å². The number of rotatable bonds is 5. The van der Waals surface area contributed by atoms with Crippen molar-refractivity contribution in [2.75, 3.05) is 19.7 Å². The molecule has 1 saturated carbocycles. The fourth-order valence-corrected chi connectivity index (χ4v) is 3.53. The van der Waals surface area contributed by atoms with Crippen molar-refractivity contribution in [3.63, 3.8) is 0 Å². The maximum Gasteiger partial charge on any atom is 0.418 e. The van der Waals surface area contributed by atoms with Gasteiger partial charge in [0.05, 0.1) is 18.3 Å². The van der Waals surface area contributed by atoms with Crippen LogP contribution in [0.15, 0.2) is 34.9 Å². The van der Waals surface area contributed by atoms with E-state index in [4.69, 9.17) is 16.3 Å². The number of hydrogen-bond acceptors (Lipinski definition) is 2. The van der Waals surface area contributed by atoms with E-state index in [2.05, 4.69) is 11.9 Å². The SMILES string of the molecule is C=C/C(COC1CC2CNCC2C1)=C(\C(Cl)=C/C)C(F)(F)F. The molecule has 2 nitrogen and oxygen atoms in total. The number of alkyl halides is 3. The molecule has 0 aromatic rings. The number of ether oxygens (including phenoxy) is 1. The molecule has 2 aliphatic rings. The van der Waals surface area contributed by atoms with Gasteiger partial charge in [0.15, 0.2) is 0 Å². The molecule has 2 atom stereocenters. The van der Waals surface area contributed by atoms with Gasteiger partial charge < -0.3 is 10.1 Å². The first kappa shape index (κ1) is 17.6. The Morgan fingerprint density at radius 2 is 1.91 bits per heavy atom. The minimum absolute atomic E-state index is 0.00853. The molecule has 1 saturated heterocycles. The summed E-state index contributed by atoms with van der Waals surface area (Å²) in [6, 6.07) is 0. The lowest BCUT2D eigenvalue weighted by Gasteiger charge is -2.18. The van der Waals surface area contributed by atoms with Gasteiger partial charge in [0.25, 0.3) is 0 Å². The molecular weight excluding hydrogens is 315 g/mol. The number of hydrogen-bond donors (Lipinski definition) is 1. The molecular formula is C16H21ClF3NO. The van der Waals surface area contributed by atoms with Crippen molar-refractivity contribution in [3.05, 3.63) is 34.9 Å². The van der Waals surface area contributed by atoms with Crippen LogP contribution in [-0.4, -0.2) is 32.0 Å². The van der Waals surface area contributed by atoms with Gasteiger partial charge >= 0.3 is 6.18 Å². The summed E-state index contributed by atoms with van der Waals surface area (Å²) in [6.45, 7) is 6.80. The summed E-state index contributed by atoms with van der Waals surface area (Å²) in [5.41, 5.74) is -0.864. The first-order valence-corrected chi connectivity index (χ1v) is 7.81. The third-order valence-electron chi connectivity index (χ3n) is 4.43. The number of nitrogens with one attached hydrogen (secondary N) is 1. The van der Waals surface area contributed by atoms with Crippen LogP contribution in [0.2, 0.25) is 0 Å². The standard InChI is InChI=1S/C16H21ClF3NO/c1-3-10(15(14(17)4-2)16(18,19)20)9-22-13-5-11-7-21-8-12(11)6-13/h3-4,11-13,21H,1,5-9H2,2H3/b14-4+,15-10-. The Morgan fingerprint density at radius 1 is 1.32 bits per heavy atom. The van der Waals surface area contributed by atoms with Crippen LogP contribution in [0.1, 0.15) is 19.8 Å². The Balaban J connectivity index is 2.07. The van der Waals surface area contributed by atoms with Gasteiger partial charge in [0, 0.05) is 5.03 Å². The predicted molar refractivity (Wildman–Crippen MR) is 81.7 cm³/mol. The molecule has 2 fully saturated rings. The molecule has 1 N–H and O–H groups in total. The van der Waals surface area contributed by atoms with Crippen LogP contribution < -0.4 is 5.32 Å². The average molecular weight is 336 g/mol. The van der Waals surface area contributed by atoms with E-state index >= 15 is 0 Å². The van der Waals surface area contributed by atoms with E-state index in [-0.39, 0.29) is 23.3 Å². The second-order valence-corrected chi connectivity index (χ2v) is 6.23. The fourth-order valence-electron chi connectivity index (χ4n) is 3.30. The Bertz CT molecular complexity index is 472. The van der Waals surface area contributed by atoms with Crippen LogP contribution in [0.5, 0.6) is 0 Å². The van der Waals surface area contributed by atoms with Gasteiger partial charge in [-0.25, -0.2) is 0 Å². The molecule has 0 amide bonds. The topological polar surface area (TPSA) is 21.3 Å². The van der Waals surface area contributed by atoms with Gasteiger partial charge in [0.2, 0.25) is 0 Å². The summed E-state index contributed by atoms with van der Waals surface area (Å²) in [5, 5.41) is 3.01. The van der Waals surface area contributed by atoms with Gasteiger partial charge in [0.1, 0.15) is 0 Å². The Kier molecular flexibility index (Phi) is 5.75. The van der Waals surface area contributed by atoms with Gasteiger partial charge in [-0.1, -0.05) is 30.3 Å². The molecule has 1 aliphatic heterocycles. The van der Waals surface area contributed by atoms with E-state index in [9.17, 15) is 13.2 Å². The lowest BCUT2D eigenvalue weighted by atomic mass is 10.0. The van der Waals surface area contributed by atoms with E-state index in [1.165, 1.54) is 19.1 Å². The normalized spacial score (nSPS) is 30.2. The molecule has 2 unspecified atom stereocenters. The zero-order valence-electron chi connectivity index (χ0n) is 12.5. The largest absolute Gasteiger partial charge is 0.418 e. The molecule has 22 heavy (non-hydrogen) atoms. The highest BCUT2D eigenvalue weighted by molar-refractivity contribution is 6.32. The number of fused-ring (bicyclic) bond motifs is 1. The van der Waals surface area contributed by atoms with Crippen LogP contribution >= 0.6 is 11.6 Å². The summed E-state index contributed by atoms with van der Waals surface area (Å²) in [7, 11) is 0. The van der Waals surface area contributed by atoms with Crippen molar-refractivity contribution in [2.45, 2.75) is 32.0 Å². The minimum Gasteiger partial charge on any atom is -0.374 e. The maximum absolute atomic E-state index is 13.2. The van der Waals surface area contributed by atoms with Crippen molar-refractivity contribution in [3.8, 4) is 0 Å². The van der Waals surface area contributed by atoms with Gasteiger partial charge in [-0.05, 0) is 50.3 Å². The molecule has 0 radical (unpaired) electrons. The minimum atomic E-state index is -4.52. The third-order valence-corrected chi connectivity index (χ3v) is 4.84. The second-order valence-electron chi connectivity index (χ2n) is 5.82. The monoisotopic (exact) mass is 335 g/mol. The summed E-state index contributed by atoms with van der Waals surface area (Å²) >= 11 is 5.73. The first-order chi connectivity index (χ1) is 10.4. The highest BCUT2D eigenvalue weighted by Gasteiger charge is 2.39. The number of halogens is 4. The van der Waals surface area contributed by atoms with Crippen molar-refractivity contribution < 1.29 is 17.9 Å². The Labute approximate surface area is 134 Å². The lowest BCUT2D eigenvalue weighted by molar-refractivity contribution is -0.0900. The molecule has 2 rings (SSSR count). The van der Waals surface area contributed by atoms with Crippen molar-refractivity contribution >= 4 is 11.6 Å². The first-order valence-electron chi connectivity index (χ1n) is 7.44. The van der Waals surface area contributed by atoms with E-state index in [1.807, 2.05) is 0 Å². The summed E-state index contributed by atoms with van der Waals surface area (Å²) in [6.07, 6.45) is -0.273. The van der Waals surface area contributed by atoms with Gasteiger partial charge in [-0.2, -0.15) is 13.2 Å². The zero-order valence-corrected chi connectivity index (χ0v) is 13.3. The third kappa shape index (κ3) is 3.94. The van der Waals surface area contributed by atoms with Crippen molar-refractivity contribution in [1.29, 1.82) is 0 Å². The molecule has 0 spiro atoms. The van der Waals surface area contributed by atoms with Crippen LogP contribution in [0, 0.1) is 11.8 Å². The van der Waals surface area contributed by atoms with Crippen LogP contribution in [0.4, 0.5) is 13.2 Å². The fraction of sp³-hybridized carbons (Fsp3) is 0.625. The molecule has 1 aliphatic carbocycles. The predicted octanol–water partition coefficient (Wildman–Crippen LogP) is 4.19. The van der Waals surface area contributed by atoms with Gasteiger partial charge in [-0.15, -0.1) is 0 Å². The number of allylic oxidation sites excluding steroid dienone is 3. The molecule has 0 bridgehead atoms. The molecule has 0 aromatic heterocycles. The summed E-state index contributed by atoms with van der Waals surface area (Å²) in [5.74, 6) is 1.17. The van der Waals surface area contributed by atoms with E-state index in [1.54, 1.807) is 0 Å². The van der Waals surface area contributed by atoms with Crippen LogP contribution in [-0.2, 0) is 4.74 Å².